The van der Waals surface area contributed by atoms with Crippen LogP contribution in [0.15, 0.2) is 54.6 Å². The molecule has 2 aromatic rings. The molecule has 0 spiro atoms. The van der Waals surface area contributed by atoms with E-state index >= 15 is 0 Å². The number of nitrogens with zero attached hydrogens (tertiary/aromatic N) is 1. The molecule has 3 heteroatoms. The molecule has 0 unspecified atom stereocenters. The normalized spacial score (nSPS) is 18.4. The van der Waals surface area contributed by atoms with Gasteiger partial charge in [-0.05, 0) is 49.1 Å². The summed E-state index contributed by atoms with van der Waals surface area (Å²) >= 11 is 0. The number of benzene rings is 2. The van der Waals surface area contributed by atoms with E-state index in [9.17, 15) is 9.90 Å². The predicted molar refractivity (Wildman–Crippen MR) is 95.9 cm³/mol. The first-order valence-corrected chi connectivity index (χ1v) is 8.77. The van der Waals surface area contributed by atoms with Gasteiger partial charge in [-0.25, -0.2) is 0 Å². The van der Waals surface area contributed by atoms with Gasteiger partial charge in [0.1, 0.15) is 11.5 Å². The first-order valence-electron chi connectivity index (χ1n) is 8.77. The molecule has 1 atom stereocenters. The van der Waals surface area contributed by atoms with E-state index in [1.807, 2.05) is 30.3 Å². The highest BCUT2D eigenvalue weighted by atomic mass is 16.3. The average Bonchev–Trinajstić information content (AvgIpc) is 2.63. The topological polar surface area (TPSA) is 40.5 Å². The Morgan fingerprint density at radius 1 is 1.04 bits per heavy atom. The molecule has 1 N–H and O–H groups in total. The molecule has 126 valence electrons. The molecule has 0 amide bonds. The zero-order valence-corrected chi connectivity index (χ0v) is 14.0. The van der Waals surface area contributed by atoms with Gasteiger partial charge in [0.25, 0.3) is 0 Å². The molecule has 3 nitrogen and oxygen atoms in total. The summed E-state index contributed by atoms with van der Waals surface area (Å²) in [5.74, 6) is 0.861. The van der Waals surface area contributed by atoms with Crippen molar-refractivity contribution in [3.8, 4) is 5.75 Å². The molecule has 0 aliphatic carbocycles. The summed E-state index contributed by atoms with van der Waals surface area (Å²) in [6.07, 6.45) is 3.58. The van der Waals surface area contributed by atoms with Gasteiger partial charge in [0.2, 0.25) is 0 Å². The maximum absolute atomic E-state index is 12.6. The van der Waals surface area contributed by atoms with Crippen molar-refractivity contribution in [3.63, 3.8) is 0 Å². The molecule has 0 saturated carbocycles. The van der Waals surface area contributed by atoms with Crippen LogP contribution in [0.1, 0.15) is 30.4 Å². The van der Waals surface area contributed by atoms with Gasteiger partial charge in [-0.1, -0.05) is 42.5 Å². The highest BCUT2D eigenvalue weighted by Crippen LogP contribution is 2.22. The third-order valence-corrected chi connectivity index (χ3v) is 4.81. The first kappa shape index (κ1) is 16.7. The molecule has 1 heterocycles. The Labute approximate surface area is 143 Å². The van der Waals surface area contributed by atoms with Gasteiger partial charge in [-0.2, -0.15) is 0 Å². The maximum atomic E-state index is 12.6. The number of ketones is 1. The summed E-state index contributed by atoms with van der Waals surface area (Å²) in [6, 6.07) is 17.6. The number of likely N-dealkylation sites (tertiary alicyclic amines) is 1. The molecule has 1 saturated heterocycles. The van der Waals surface area contributed by atoms with Crippen molar-refractivity contribution in [2.45, 2.75) is 32.2 Å². The van der Waals surface area contributed by atoms with Crippen molar-refractivity contribution in [1.29, 1.82) is 0 Å². The van der Waals surface area contributed by atoms with E-state index in [1.165, 1.54) is 11.1 Å². The second-order valence-electron chi connectivity index (χ2n) is 6.69. The van der Waals surface area contributed by atoms with Crippen LogP contribution in [0.5, 0.6) is 5.75 Å². The molecule has 0 bridgehead atoms. The number of aromatic hydroxyl groups is 1. The van der Waals surface area contributed by atoms with Crippen molar-refractivity contribution >= 4 is 5.78 Å². The van der Waals surface area contributed by atoms with Crippen molar-refractivity contribution in [1.82, 2.24) is 4.90 Å². The summed E-state index contributed by atoms with van der Waals surface area (Å²) in [7, 11) is 0. The summed E-state index contributed by atoms with van der Waals surface area (Å²) in [5.41, 5.74) is 2.42. The van der Waals surface area contributed by atoms with Crippen LogP contribution >= 0.6 is 0 Å². The highest BCUT2D eigenvalue weighted by Gasteiger charge is 2.25. The minimum Gasteiger partial charge on any atom is -0.508 e. The Bertz CT molecular complexity index is 651. The minimum atomic E-state index is 0.166. The zero-order chi connectivity index (χ0) is 16.8. The van der Waals surface area contributed by atoms with Crippen LogP contribution in [-0.2, 0) is 17.8 Å². The number of phenolic OH excluding ortho intramolecular Hbond substituents is 1. The number of hydrogen-bond acceptors (Lipinski definition) is 3. The van der Waals surface area contributed by atoms with Crippen LogP contribution in [0, 0.1) is 5.92 Å². The number of Topliss-reactive ketones (excluding diaryl/α,β-unsaturated/α-hetero) is 1. The van der Waals surface area contributed by atoms with Crippen LogP contribution in [0.2, 0.25) is 0 Å². The van der Waals surface area contributed by atoms with E-state index in [0.717, 1.165) is 38.9 Å². The Morgan fingerprint density at radius 2 is 1.79 bits per heavy atom. The summed E-state index contributed by atoms with van der Waals surface area (Å²) in [4.78, 5) is 14.9. The fraction of sp³-hybridized carbons (Fsp3) is 0.381. The third kappa shape index (κ3) is 4.68. The molecule has 1 aliphatic rings. The molecule has 1 fully saturated rings. The van der Waals surface area contributed by atoms with E-state index in [0.29, 0.717) is 18.0 Å². The number of carbonyl (C=O) groups excluding carboxylic acids is 1. The third-order valence-electron chi connectivity index (χ3n) is 4.81. The van der Waals surface area contributed by atoms with Crippen molar-refractivity contribution in [2.75, 3.05) is 13.1 Å². The number of piperidine rings is 1. The number of hydrogen-bond donors (Lipinski definition) is 1. The standard InChI is InChI=1S/C21H25NO2/c23-20-11-8-18(9-12-20)15-22-14-4-7-19(16-22)21(24)13-10-17-5-2-1-3-6-17/h1-3,5-6,8-9,11-12,19,23H,4,7,10,13-16H2/t19-/m0/s1. The number of rotatable bonds is 6. The lowest BCUT2D eigenvalue weighted by Crippen LogP contribution is -2.38. The van der Waals surface area contributed by atoms with Crippen molar-refractivity contribution in [2.24, 2.45) is 5.92 Å². The average molecular weight is 323 g/mol. The van der Waals surface area contributed by atoms with Crippen molar-refractivity contribution < 1.29 is 9.90 Å². The maximum Gasteiger partial charge on any atom is 0.137 e. The fourth-order valence-corrected chi connectivity index (χ4v) is 3.44. The van der Waals surface area contributed by atoms with Gasteiger partial charge >= 0.3 is 0 Å². The van der Waals surface area contributed by atoms with Gasteiger partial charge in [0, 0.05) is 25.4 Å². The van der Waals surface area contributed by atoms with Gasteiger partial charge in [-0.15, -0.1) is 0 Å². The monoisotopic (exact) mass is 323 g/mol. The quantitative estimate of drug-likeness (QED) is 0.879. The lowest BCUT2D eigenvalue weighted by Gasteiger charge is -2.32. The lowest BCUT2D eigenvalue weighted by molar-refractivity contribution is -0.124. The van der Waals surface area contributed by atoms with E-state index in [2.05, 4.69) is 17.0 Å². The molecular weight excluding hydrogens is 298 g/mol. The van der Waals surface area contributed by atoms with Crippen molar-refractivity contribution in [3.05, 3.63) is 65.7 Å². The summed E-state index contributed by atoms with van der Waals surface area (Å²) < 4.78 is 0. The van der Waals surface area contributed by atoms with Gasteiger partial charge in [0.15, 0.2) is 0 Å². The molecule has 0 radical (unpaired) electrons. The number of carbonyl (C=O) groups is 1. The van der Waals surface area contributed by atoms with Gasteiger partial charge < -0.3 is 5.11 Å². The smallest absolute Gasteiger partial charge is 0.137 e. The Hall–Kier alpha value is -2.13. The van der Waals surface area contributed by atoms with E-state index in [4.69, 9.17) is 0 Å². The second kappa shape index (κ2) is 8.11. The number of aryl methyl sites for hydroxylation is 1. The Morgan fingerprint density at radius 3 is 2.54 bits per heavy atom. The van der Waals surface area contributed by atoms with Gasteiger partial charge in [0.05, 0.1) is 0 Å². The van der Waals surface area contributed by atoms with Crippen LogP contribution in [0.3, 0.4) is 0 Å². The molecular formula is C21H25NO2. The first-order chi connectivity index (χ1) is 11.7. The fourth-order valence-electron chi connectivity index (χ4n) is 3.44. The Balaban J connectivity index is 1.51. The predicted octanol–water partition coefficient (Wildman–Crippen LogP) is 3.81. The van der Waals surface area contributed by atoms with Crippen LogP contribution in [0.4, 0.5) is 0 Å². The SMILES string of the molecule is O=C(CCc1ccccc1)[C@H]1CCCN(Cc2ccc(O)cc2)C1. The molecule has 24 heavy (non-hydrogen) atoms. The summed E-state index contributed by atoms with van der Waals surface area (Å²) in [5, 5.41) is 9.37. The highest BCUT2D eigenvalue weighted by molar-refractivity contribution is 5.81. The van der Waals surface area contributed by atoms with E-state index in [-0.39, 0.29) is 5.92 Å². The molecule has 0 aromatic heterocycles. The largest absolute Gasteiger partial charge is 0.508 e. The minimum absolute atomic E-state index is 0.166. The second-order valence-corrected chi connectivity index (χ2v) is 6.69. The lowest BCUT2D eigenvalue weighted by atomic mass is 9.90. The zero-order valence-electron chi connectivity index (χ0n) is 14.0. The van der Waals surface area contributed by atoms with Crippen LogP contribution in [-0.4, -0.2) is 28.9 Å². The molecule has 1 aliphatic heterocycles. The molecule has 3 rings (SSSR count). The van der Waals surface area contributed by atoms with Gasteiger partial charge in [-0.3, -0.25) is 9.69 Å². The number of phenols is 1. The Kier molecular flexibility index (Phi) is 5.65. The van der Waals surface area contributed by atoms with Crippen LogP contribution < -0.4 is 0 Å². The van der Waals surface area contributed by atoms with Crippen LogP contribution in [0.25, 0.3) is 0 Å². The van der Waals surface area contributed by atoms with E-state index < -0.39 is 0 Å². The summed E-state index contributed by atoms with van der Waals surface area (Å²) in [6.45, 7) is 2.75. The van der Waals surface area contributed by atoms with E-state index in [1.54, 1.807) is 12.1 Å². The molecule has 2 aromatic carbocycles.